The summed E-state index contributed by atoms with van der Waals surface area (Å²) in [6.45, 7) is 2.06. The molecule has 0 saturated carbocycles. The lowest BCUT2D eigenvalue weighted by atomic mass is 10.1. The van der Waals surface area contributed by atoms with Crippen molar-refractivity contribution in [3.8, 4) is 0 Å². The number of nitrogen functional groups attached to an aromatic ring is 1. The first kappa shape index (κ1) is 9.58. The normalized spacial score (nSPS) is 10.2. The minimum Gasteiger partial charge on any atom is -0.368 e. The van der Waals surface area contributed by atoms with E-state index in [1.165, 1.54) is 17.5 Å². The van der Waals surface area contributed by atoms with E-state index >= 15 is 0 Å². The molecule has 0 fully saturated rings. The molecule has 0 bridgehead atoms. The molecule has 2 N–H and O–H groups in total. The maximum absolute atomic E-state index is 5.48. The Morgan fingerprint density at radius 3 is 2.87 bits per heavy atom. The second-order valence-corrected chi connectivity index (χ2v) is 3.43. The fourth-order valence-electron chi connectivity index (χ4n) is 1.43. The number of hydrogen-bond donors (Lipinski definition) is 1. The van der Waals surface area contributed by atoms with Crippen LogP contribution in [0.2, 0.25) is 0 Å². The SMILES string of the molecule is Cc1cccc(Cc2ncnc(N)n2)c1. The molecule has 15 heavy (non-hydrogen) atoms. The first-order valence-corrected chi connectivity index (χ1v) is 4.73. The lowest BCUT2D eigenvalue weighted by molar-refractivity contribution is 0.928. The van der Waals surface area contributed by atoms with Crippen molar-refractivity contribution in [3.63, 3.8) is 0 Å². The largest absolute Gasteiger partial charge is 0.368 e. The lowest BCUT2D eigenvalue weighted by Crippen LogP contribution is -2.02. The Bertz CT molecular complexity index is 424. The summed E-state index contributed by atoms with van der Waals surface area (Å²) in [6.07, 6.45) is 2.13. The highest BCUT2D eigenvalue weighted by Crippen LogP contribution is 2.07. The second-order valence-electron chi connectivity index (χ2n) is 3.43. The van der Waals surface area contributed by atoms with Gasteiger partial charge in [0.15, 0.2) is 0 Å². The standard InChI is InChI=1S/C11H12N4/c1-8-3-2-4-9(5-8)6-10-13-7-14-11(12)15-10/h2-5,7H,6H2,1H3,(H2,12,13,14,15). The zero-order chi connectivity index (χ0) is 10.7. The smallest absolute Gasteiger partial charge is 0.223 e. The van der Waals surface area contributed by atoms with Crippen molar-refractivity contribution < 1.29 is 0 Å². The minimum absolute atomic E-state index is 0.271. The molecule has 0 aliphatic rings. The molecule has 2 rings (SSSR count). The molecule has 0 atom stereocenters. The van der Waals surface area contributed by atoms with Crippen LogP contribution in [0.15, 0.2) is 30.6 Å². The molecule has 4 nitrogen and oxygen atoms in total. The van der Waals surface area contributed by atoms with E-state index < -0.39 is 0 Å². The van der Waals surface area contributed by atoms with Crippen LogP contribution in [0.25, 0.3) is 0 Å². The molecule has 0 unspecified atom stereocenters. The van der Waals surface area contributed by atoms with Crippen LogP contribution in [-0.4, -0.2) is 15.0 Å². The molecule has 0 aliphatic heterocycles. The molecule has 1 heterocycles. The molecular formula is C11H12N4. The maximum atomic E-state index is 5.48. The molecule has 1 aromatic heterocycles. The van der Waals surface area contributed by atoms with Gasteiger partial charge in [0, 0.05) is 6.42 Å². The predicted octanol–water partition coefficient (Wildman–Crippen LogP) is 1.35. The maximum Gasteiger partial charge on any atom is 0.223 e. The number of anilines is 1. The summed E-state index contributed by atoms with van der Waals surface area (Å²) >= 11 is 0. The number of aromatic nitrogens is 3. The predicted molar refractivity (Wildman–Crippen MR) is 58.2 cm³/mol. The number of aryl methyl sites for hydroxylation is 1. The van der Waals surface area contributed by atoms with Gasteiger partial charge in [0.25, 0.3) is 0 Å². The van der Waals surface area contributed by atoms with E-state index in [0.29, 0.717) is 12.2 Å². The highest BCUT2D eigenvalue weighted by Gasteiger charge is 2.00. The summed E-state index contributed by atoms with van der Waals surface area (Å²) in [5.74, 6) is 0.973. The molecular weight excluding hydrogens is 188 g/mol. The highest BCUT2D eigenvalue weighted by molar-refractivity contribution is 5.25. The Balaban J connectivity index is 2.22. The molecule has 0 aliphatic carbocycles. The van der Waals surface area contributed by atoms with Crippen molar-refractivity contribution >= 4 is 5.95 Å². The van der Waals surface area contributed by atoms with Crippen LogP contribution < -0.4 is 5.73 Å². The van der Waals surface area contributed by atoms with Gasteiger partial charge in [-0.15, -0.1) is 0 Å². The second kappa shape index (κ2) is 4.04. The third-order valence-electron chi connectivity index (χ3n) is 2.09. The van der Waals surface area contributed by atoms with E-state index in [1.807, 2.05) is 12.1 Å². The molecule has 0 radical (unpaired) electrons. The Kier molecular flexibility index (Phi) is 2.58. The average Bonchev–Trinajstić information content (AvgIpc) is 2.17. The molecule has 4 heteroatoms. The van der Waals surface area contributed by atoms with Gasteiger partial charge < -0.3 is 5.73 Å². The van der Waals surface area contributed by atoms with Gasteiger partial charge >= 0.3 is 0 Å². The van der Waals surface area contributed by atoms with Crippen molar-refractivity contribution in [1.29, 1.82) is 0 Å². The highest BCUT2D eigenvalue weighted by atomic mass is 15.1. The summed E-state index contributed by atoms with van der Waals surface area (Å²) in [4.78, 5) is 11.9. The number of rotatable bonds is 2. The fourth-order valence-corrected chi connectivity index (χ4v) is 1.43. The van der Waals surface area contributed by atoms with Gasteiger partial charge in [0.2, 0.25) is 5.95 Å². The summed E-state index contributed by atoms with van der Waals surface area (Å²) in [7, 11) is 0. The lowest BCUT2D eigenvalue weighted by Gasteiger charge is -2.01. The first-order chi connectivity index (χ1) is 7.24. The van der Waals surface area contributed by atoms with Crippen molar-refractivity contribution in [2.24, 2.45) is 0 Å². The van der Waals surface area contributed by atoms with Gasteiger partial charge in [-0.2, -0.15) is 4.98 Å². The van der Waals surface area contributed by atoms with E-state index in [4.69, 9.17) is 5.73 Å². The van der Waals surface area contributed by atoms with Gasteiger partial charge in [0.1, 0.15) is 12.2 Å². The molecule has 0 saturated heterocycles. The molecule has 2 aromatic rings. The monoisotopic (exact) mass is 200 g/mol. The van der Waals surface area contributed by atoms with Gasteiger partial charge in [-0.05, 0) is 12.5 Å². The van der Waals surface area contributed by atoms with E-state index in [2.05, 4.69) is 34.0 Å². The van der Waals surface area contributed by atoms with Crippen LogP contribution in [0.3, 0.4) is 0 Å². The van der Waals surface area contributed by atoms with E-state index in [1.54, 1.807) is 0 Å². The molecule has 1 aromatic carbocycles. The summed E-state index contributed by atoms with van der Waals surface area (Å²) in [5, 5.41) is 0. The van der Waals surface area contributed by atoms with E-state index in [-0.39, 0.29) is 5.95 Å². The Morgan fingerprint density at radius 1 is 1.27 bits per heavy atom. The summed E-state index contributed by atoms with van der Waals surface area (Å²) in [6, 6.07) is 8.24. The van der Waals surface area contributed by atoms with E-state index in [0.717, 1.165) is 0 Å². The van der Waals surface area contributed by atoms with Crippen LogP contribution >= 0.6 is 0 Å². The van der Waals surface area contributed by atoms with Gasteiger partial charge in [-0.25, -0.2) is 9.97 Å². The zero-order valence-corrected chi connectivity index (χ0v) is 8.51. The Hall–Kier alpha value is -1.97. The molecule has 0 spiro atoms. The topological polar surface area (TPSA) is 64.7 Å². The summed E-state index contributed by atoms with van der Waals surface area (Å²) < 4.78 is 0. The Labute approximate surface area is 88.2 Å². The van der Waals surface area contributed by atoms with Gasteiger partial charge in [-0.1, -0.05) is 29.8 Å². The zero-order valence-electron chi connectivity index (χ0n) is 8.51. The van der Waals surface area contributed by atoms with Gasteiger partial charge in [-0.3, -0.25) is 0 Å². The number of hydrogen-bond acceptors (Lipinski definition) is 4. The minimum atomic E-state index is 0.271. The van der Waals surface area contributed by atoms with Crippen LogP contribution in [-0.2, 0) is 6.42 Å². The van der Waals surface area contributed by atoms with Crippen LogP contribution in [0, 0.1) is 6.92 Å². The van der Waals surface area contributed by atoms with Crippen molar-refractivity contribution in [3.05, 3.63) is 47.5 Å². The van der Waals surface area contributed by atoms with E-state index in [9.17, 15) is 0 Å². The third kappa shape index (κ3) is 2.49. The summed E-state index contributed by atoms with van der Waals surface area (Å²) in [5.41, 5.74) is 7.89. The van der Waals surface area contributed by atoms with Crippen molar-refractivity contribution in [1.82, 2.24) is 15.0 Å². The fraction of sp³-hybridized carbons (Fsp3) is 0.182. The average molecular weight is 200 g/mol. The van der Waals surface area contributed by atoms with Gasteiger partial charge in [0.05, 0.1) is 0 Å². The molecule has 76 valence electrons. The van der Waals surface area contributed by atoms with Crippen LogP contribution in [0.5, 0.6) is 0 Å². The van der Waals surface area contributed by atoms with Crippen molar-refractivity contribution in [2.45, 2.75) is 13.3 Å². The number of nitrogens with two attached hydrogens (primary N) is 1. The number of nitrogens with zero attached hydrogens (tertiary/aromatic N) is 3. The molecule has 0 amide bonds. The quantitative estimate of drug-likeness (QED) is 0.794. The Morgan fingerprint density at radius 2 is 2.13 bits per heavy atom. The van der Waals surface area contributed by atoms with Crippen LogP contribution in [0.4, 0.5) is 5.95 Å². The van der Waals surface area contributed by atoms with Crippen molar-refractivity contribution in [2.75, 3.05) is 5.73 Å². The first-order valence-electron chi connectivity index (χ1n) is 4.73. The number of benzene rings is 1. The van der Waals surface area contributed by atoms with Crippen LogP contribution in [0.1, 0.15) is 17.0 Å². The third-order valence-corrected chi connectivity index (χ3v) is 2.09.